The molecule has 0 bridgehead atoms. The third kappa shape index (κ3) is 4.91. The molecule has 1 aliphatic rings. The van der Waals surface area contributed by atoms with Gasteiger partial charge in [0.25, 0.3) is 0 Å². The highest BCUT2D eigenvalue weighted by Crippen LogP contribution is 2.39. The second kappa shape index (κ2) is 7.94. The number of para-hydroxylation sites is 1. The number of hydrogen-bond donors (Lipinski definition) is 2. The van der Waals surface area contributed by atoms with Gasteiger partial charge in [-0.05, 0) is 57.5 Å². The number of Topliss-reactive ketones (excluding diaryl/α,β-unsaturated/α-hetero) is 1. The van der Waals surface area contributed by atoms with Crippen LogP contribution in [0.15, 0.2) is 48.5 Å². The van der Waals surface area contributed by atoms with E-state index < -0.39 is 11.7 Å². The van der Waals surface area contributed by atoms with Crippen molar-refractivity contribution in [3.8, 4) is 11.5 Å². The molecule has 0 radical (unpaired) electrons. The van der Waals surface area contributed by atoms with Crippen molar-refractivity contribution in [1.29, 1.82) is 0 Å². The summed E-state index contributed by atoms with van der Waals surface area (Å²) in [7, 11) is 0. The van der Waals surface area contributed by atoms with E-state index in [1.807, 2.05) is 49.4 Å². The van der Waals surface area contributed by atoms with Crippen LogP contribution in [0.5, 0.6) is 11.5 Å². The van der Waals surface area contributed by atoms with E-state index in [1.165, 1.54) is 0 Å². The average molecular weight is 383 g/mol. The number of benzene rings is 2. The molecule has 1 aliphatic heterocycles. The summed E-state index contributed by atoms with van der Waals surface area (Å²) in [6, 6.07) is 14.9. The van der Waals surface area contributed by atoms with Crippen molar-refractivity contribution in [3.63, 3.8) is 0 Å². The Hall–Kier alpha value is -2.37. The summed E-state index contributed by atoms with van der Waals surface area (Å²) < 4.78 is 11.9. The number of β-amino-alcohol motifs (C(OH)–C–C–N with tert-alkyl or cyclic N) is 1. The number of fused-ring (bicyclic) bond motifs is 1. The molecule has 2 unspecified atom stereocenters. The molecule has 2 aromatic carbocycles. The Labute approximate surface area is 166 Å². The summed E-state index contributed by atoms with van der Waals surface area (Å²) in [5.41, 5.74) is 0.796. The van der Waals surface area contributed by atoms with Gasteiger partial charge in [0.15, 0.2) is 5.78 Å². The first-order valence-corrected chi connectivity index (χ1v) is 9.64. The molecule has 0 aliphatic carbocycles. The molecule has 0 fully saturated rings. The molecular formula is C23H29NO4. The first kappa shape index (κ1) is 20.4. The molecule has 1 heterocycles. The first-order valence-electron chi connectivity index (χ1n) is 9.64. The van der Waals surface area contributed by atoms with Crippen molar-refractivity contribution in [3.05, 3.63) is 59.7 Å². The zero-order valence-electron chi connectivity index (χ0n) is 17.0. The Morgan fingerprint density at radius 3 is 2.54 bits per heavy atom. The molecule has 0 aromatic heterocycles. The molecule has 2 N–H and O–H groups in total. The minimum atomic E-state index is -0.708. The van der Waals surface area contributed by atoms with Crippen molar-refractivity contribution >= 4 is 5.78 Å². The molecule has 0 spiro atoms. The number of hydrogen-bond acceptors (Lipinski definition) is 5. The van der Waals surface area contributed by atoms with E-state index in [-0.39, 0.29) is 17.9 Å². The molecule has 150 valence electrons. The number of ether oxygens (including phenoxy) is 2. The average Bonchev–Trinajstić information content (AvgIpc) is 2.64. The van der Waals surface area contributed by atoms with E-state index in [9.17, 15) is 9.90 Å². The van der Waals surface area contributed by atoms with Crippen LogP contribution in [-0.4, -0.2) is 35.7 Å². The number of aliphatic hydroxyl groups is 1. The Morgan fingerprint density at radius 2 is 1.86 bits per heavy atom. The molecule has 2 aromatic rings. The largest absolute Gasteiger partial charge is 0.491 e. The summed E-state index contributed by atoms with van der Waals surface area (Å²) in [6.07, 6.45) is -0.297. The van der Waals surface area contributed by atoms with Crippen molar-refractivity contribution in [2.45, 2.75) is 51.4 Å². The van der Waals surface area contributed by atoms with Gasteiger partial charge < -0.3 is 19.9 Å². The number of ketones is 1. The van der Waals surface area contributed by atoms with E-state index in [2.05, 4.69) is 26.1 Å². The van der Waals surface area contributed by atoms with Gasteiger partial charge >= 0.3 is 0 Å². The van der Waals surface area contributed by atoms with E-state index in [0.717, 1.165) is 5.56 Å². The Balaban J connectivity index is 1.62. The predicted molar refractivity (Wildman–Crippen MR) is 109 cm³/mol. The summed E-state index contributed by atoms with van der Waals surface area (Å²) >= 11 is 0. The standard InChI is InChI=1S/C23H29NO4/c1-22(2,3)24-14-17(25)15-27-18-11-9-16(10-12-18)23(4)13-20(26)19-7-5-6-8-21(19)28-23/h5-12,17,24-25H,13-15H2,1-4H3. The minimum absolute atomic E-state index is 0.0475. The van der Waals surface area contributed by atoms with Crippen molar-refractivity contribution in [2.75, 3.05) is 13.2 Å². The number of carbonyl (C=O) groups is 1. The highest BCUT2D eigenvalue weighted by Gasteiger charge is 2.37. The van der Waals surface area contributed by atoms with Crippen molar-refractivity contribution in [2.24, 2.45) is 0 Å². The van der Waals surface area contributed by atoms with Crippen molar-refractivity contribution in [1.82, 2.24) is 5.32 Å². The van der Waals surface area contributed by atoms with Crippen molar-refractivity contribution < 1.29 is 19.4 Å². The van der Waals surface area contributed by atoms with E-state index in [1.54, 1.807) is 6.07 Å². The maximum Gasteiger partial charge on any atom is 0.170 e. The maximum absolute atomic E-state index is 12.5. The zero-order chi connectivity index (χ0) is 20.4. The van der Waals surface area contributed by atoms with Crippen LogP contribution in [-0.2, 0) is 5.60 Å². The van der Waals surface area contributed by atoms with Gasteiger partial charge in [-0.1, -0.05) is 24.3 Å². The lowest BCUT2D eigenvalue weighted by Gasteiger charge is -2.35. The monoisotopic (exact) mass is 383 g/mol. The minimum Gasteiger partial charge on any atom is -0.491 e. The SMILES string of the molecule is CC(C)(C)NCC(O)COc1ccc(C2(C)CC(=O)c3ccccc3O2)cc1. The number of aliphatic hydroxyl groups excluding tert-OH is 1. The van der Waals surface area contributed by atoms with Gasteiger partial charge in [-0.25, -0.2) is 0 Å². The first-order chi connectivity index (χ1) is 13.2. The fraction of sp³-hybridized carbons (Fsp3) is 0.435. The summed E-state index contributed by atoms with van der Waals surface area (Å²) in [5.74, 6) is 1.37. The fourth-order valence-electron chi connectivity index (χ4n) is 3.21. The highest BCUT2D eigenvalue weighted by molar-refractivity contribution is 6.00. The Bertz CT molecular complexity index is 825. The molecule has 0 amide bonds. The molecule has 3 rings (SSSR count). The highest BCUT2D eigenvalue weighted by atomic mass is 16.5. The third-order valence-electron chi connectivity index (χ3n) is 4.80. The molecule has 0 saturated carbocycles. The normalized spacial score (nSPS) is 20.2. The van der Waals surface area contributed by atoms with Gasteiger partial charge in [0.1, 0.15) is 29.8 Å². The zero-order valence-corrected chi connectivity index (χ0v) is 17.0. The smallest absolute Gasteiger partial charge is 0.170 e. The van der Waals surface area contributed by atoms with Gasteiger partial charge in [-0.15, -0.1) is 0 Å². The second-order valence-electron chi connectivity index (χ2n) is 8.55. The van der Waals surface area contributed by atoms with Crippen LogP contribution in [0.1, 0.15) is 50.0 Å². The van der Waals surface area contributed by atoms with Gasteiger partial charge in [0.05, 0.1) is 12.0 Å². The van der Waals surface area contributed by atoms with Crippen LogP contribution in [0.3, 0.4) is 0 Å². The van der Waals surface area contributed by atoms with Crippen LogP contribution in [0.4, 0.5) is 0 Å². The van der Waals surface area contributed by atoms with Crippen LogP contribution >= 0.6 is 0 Å². The van der Waals surface area contributed by atoms with E-state index >= 15 is 0 Å². The van der Waals surface area contributed by atoms with E-state index in [4.69, 9.17) is 9.47 Å². The lowest BCUT2D eigenvalue weighted by Crippen LogP contribution is -2.42. The molecule has 5 heteroatoms. The number of carbonyl (C=O) groups excluding carboxylic acids is 1. The van der Waals surface area contributed by atoms with Crippen LogP contribution < -0.4 is 14.8 Å². The summed E-state index contributed by atoms with van der Waals surface area (Å²) in [6.45, 7) is 8.76. The topological polar surface area (TPSA) is 67.8 Å². The molecule has 28 heavy (non-hydrogen) atoms. The third-order valence-corrected chi connectivity index (χ3v) is 4.80. The van der Waals surface area contributed by atoms with E-state index in [0.29, 0.717) is 30.0 Å². The number of nitrogens with one attached hydrogen (secondary N) is 1. The van der Waals surface area contributed by atoms with Crippen LogP contribution in [0.25, 0.3) is 0 Å². The predicted octanol–water partition coefficient (Wildman–Crippen LogP) is 3.70. The van der Waals surface area contributed by atoms with Gasteiger partial charge in [0.2, 0.25) is 0 Å². The Kier molecular flexibility index (Phi) is 5.77. The second-order valence-corrected chi connectivity index (χ2v) is 8.55. The van der Waals surface area contributed by atoms with Gasteiger partial charge in [0, 0.05) is 12.1 Å². The number of rotatable bonds is 6. The van der Waals surface area contributed by atoms with Gasteiger partial charge in [-0.2, -0.15) is 0 Å². The maximum atomic E-state index is 12.5. The summed E-state index contributed by atoms with van der Waals surface area (Å²) in [4.78, 5) is 12.5. The Morgan fingerprint density at radius 1 is 1.18 bits per heavy atom. The van der Waals surface area contributed by atoms with Crippen LogP contribution in [0, 0.1) is 0 Å². The fourth-order valence-corrected chi connectivity index (χ4v) is 3.21. The summed E-state index contributed by atoms with van der Waals surface area (Å²) in [5, 5.41) is 13.3. The molecular weight excluding hydrogens is 354 g/mol. The van der Waals surface area contributed by atoms with Crippen LogP contribution in [0.2, 0.25) is 0 Å². The van der Waals surface area contributed by atoms with Gasteiger partial charge in [-0.3, -0.25) is 4.79 Å². The molecule has 0 saturated heterocycles. The quantitative estimate of drug-likeness (QED) is 0.796. The lowest BCUT2D eigenvalue weighted by molar-refractivity contribution is 0.0503. The molecule has 5 nitrogen and oxygen atoms in total. The lowest BCUT2D eigenvalue weighted by atomic mass is 9.86. The molecule has 2 atom stereocenters.